The smallest absolute Gasteiger partial charge is 0.151 e. The monoisotopic (exact) mass is 252 g/mol. The zero-order valence-electron chi connectivity index (χ0n) is 8.58. The number of aldehydes is 1. The van der Waals surface area contributed by atoms with Gasteiger partial charge in [0.2, 0.25) is 0 Å². The first kappa shape index (κ1) is 11.7. The van der Waals surface area contributed by atoms with Crippen LogP contribution in [0.25, 0.3) is 11.1 Å². The Balaban J connectivity index is 2.56. The molecule has 1 nitrogen and oxygen atoms in total. The maximum absolute atomic E-state index is 13.7. The van der Waals surface area contributed by atoms with E-state index < -0.39 is 11.6 Å². The molecule has 0 spiro atoms. The van der Waals surface area contributed by atoms with Crippen molar-refractivity contribution in [2.24, 2.45) is 0 Å². The van der Waals surface area contributed by atoms with Crippen LogP contribution in [0.1, 0.15) is 10.4 Å². The predicted octanol–water partition coefficient (Wildman–Crippen LogP) is 4.10. The number of halogens is 3. The molecule has 0 saturated heterocycles. The summed E-state index contributed by atoms with van der Waals surface area (Å²) >= 11 is 5.81. The summed E-state index contributed by atoms with van der Waals surface area (Å²) in [6, 6.07) is 7.78. The van der Waals surface area contributed by atoms with Gasteiger partial charge >= 0.3 is 0 Å². The van der Waals surface area contributed by atoms with Gasteiger partial charge in [-0.15, -0.1) is 0 Å². The van der Waals surface area contributed by atoms with Crippen molar-refractivity contribution < 1.29 is 13.6 Å². The summed E-state index contributed by atoms with van der Waals surface area (Å²) < 4.78 is 26.4. The zero-order valence-corrected chi connectivity index (χ0v) is 9.34. The normalized spacial score (nSPS) is 10.3. The van der Waals surface area contributed by atoms with E-state index in [-0.39, 0.29) is 16.1 Å². The van der Waals surface area contributed by atoms with E-state index in [1.165, 1.54) is 30.3 Å². The quantitative estimate of drug-likeness (QED) is 0.736. The van der Waals surface area contributed by atoms with Gasteiger partial charge in [0.05, 0.1) is 5.02 Å². The van der Waals surface area contributed by atoms with Crippen LogP contribution >= 0.6 is 11.6 Å². The van der Waals surface area contributed by atoms with Crippen LogP contribution in [0.5, 0.6) is 0 Å². The van der Waals surface area contributed by atoms with Crippen LogP contribution in [0.15, 0.2) is 36.4 Å². The Morgan fingerprint density at radius 3 is 2.29 bits per heavy atom. The van der Waals surface area contributed by atoms with Crippen LogP contribution in [0.4, 0.5) is 8.78 Å². The number of benzene rings is 2. The first-order valence-electron chi connectivity index (χ1n) is 4.82. The van der Waals surface area contributed by atoms with Gasteiger partial charge in [-0.2, -0.15) is 0 Å². The van der Waals surface area contributed by atoms with E-state index in [1.807, 2.05) is 0 Å². The Kier molecular flexibility index (Phi) is 3.20. The number of carbonyl (C=O) groups is 1. The third-order valence-electron chi connectivity index (χ3n) is 2.37. The lowest BCUT2D eigenvalue weighted by Crippen LogP contribution is -1.90. The highest BCUT2D eigenvalue weighted by Crippen LogP contribution is 2.28. The standard InChI is InChI=1S/C13H7ClF2O/c14-12-6-11(13(16)5-9(12)7-17)8-1-3-10(15)4-2-8/h1-7H. The second-order valence-electron chi connectivity index (χ2n) is 3.48. The number of hydrogen-bond donors (Lipinski definition) is 0. The van der Waals surface area contributed by atoms with Gasteiger partial charge in [0.25, 0.3) is 0 Å². The topological polar surface area (TPSA) is 17.1 Å². The molecule has 17 heavy (non-hydrogen) atoms. The minimum absolute atomic E-state index is 0.0926. The highest BCUT2D eigenvalue weighted by molar-refractivity contribution is 6.33. The Labute approximate surface area is 102 Å². The molecule has 0 saturated carbocycles. The van der Waals surface area contributed by atoms with Crippen LogP contribution in [-0.4, -0.2) is 6.29 Å². The second-order valence-corrected chi connectivity index (χ2v) is 3.89. The zero-order chi connectivity index (χ0) is 12.4. The molecule has 0 aliphatic heterocycles. The number of hydrogen-bond acceptors (Lipinski definition) is 1. The summed E-state index contributed by atoms with van der Waals surface area (Å²) in [4.78, 5) is 10.6. The molecule has 0 radical (unpaired) electrons. The van der Waals surface area contributed by atoms with Crippen LogP contribution in [0.3, 0.4) is 0 Å². The lowest BCUT2D eigenvalue weighted by atomic mass is 10.0. The Hall–Kier alpha value is -1.74. The molecule has 0 bridgehead atoms. The molecule has 0 heterocycles. The van der Waals surface area contributed by atoms with Crippen LogP contribution in [0.2, 0.25) is 5.02 Å². The van der Waals surface area contributed by atoms with Gasteiger partial charge in [0, 0.05) is 11.1 Å². The van der Waals surface area contributed by atoms with Crippen molar-refractivity contribution in [3.8, 4) is 11.1 Å². The highest BCUT2D eigenvalue weighted by atomic mass is 35.5. The van der Waals surface area contributed by atoms with Gasteiger partial charge < -0.3 is 0 Å². The molecule has 0 aromatic heterocycles. The van der Waals surface area contributed by atoms with Crippen molar-refractivity contribution >= 4 is 17.9 Å². The molecule has 0 fully saturated rings. The van der Waals surface area contributed by atoms with Crippen LogP contribution in [-0.2, 0) is 0 Å². The molecular weight excluding hydrogens is 246 g/mol. The minimum Gasteiger partial charge on any atom is -0.298 e. The van der Waals surface area contributed by atoms with E-state index in [1.54, 1.807) is 0 Å². The number of rotatable bonds is 2. The van der Waals surface area contributed by atoms with Crippen LogP contribution < -0.4 is 0 Å². The molecule has 2 rings (SSSR count). The molecule has 0 aliphatic rings. The summed E-state index contributed by atoms with van der Waals surface area (Å²) in [5.41, 5.74) is 0.832. The third-order valence-corrected chi connectivity index (χ3v) is 2.70. The molecule has 0 N–H and O–H groups in total. The highest BCUT2D eigenvalue weighted by Gasteiger charge is 2.10. The molecular formula is C13H7ClF2O. The van der Waals surface area contributed by atoms with E-state index in [2.05, 4.69) is 0 Å². The number of carbonyl (C=O) groups excluding carboxylic acids is 1. The molecule has 0 aliphatic carbocycles. The average molecular weight is 253 g/mol. The summed E-state index contributed by atoms with van der Waals surface area (Å²) in [6.45, 7) is 0. The van der Waals surface area contributed by atoms with Gasteiger partial charge in [0.15, 0.2) is 6.29 Å². The van der Waals surface area contributed by atoms with E-state index in [4.69, 9.17) is 11.6 Å². The van der Waals surface area contributed by atoms with Gasteiger partial charge in [-0.3, -0.25) is 4.79 Å². The van der Waals surface area contributed by atoms with Crippen molar-refractivity contribution in [3.63, 3.8) is 0 Å². The summed E-state index contributed by atoms with van der Waals surface area (Å²) in [6.07, 6.45) is 0.486. The second kappa shape index (κ2) is 4.63. The minimum atomic E-state index is -0.567. The predicted molar refractivity (Wildman–Crippen MR) is 62.2 cm³/mol. The van der Waals surface area contributed by atoms with Crippen molar-refractivity contribution in [2.75, 3.05) is 0 Å². The fourth-order valence-corrected chi connectivity index (χ4v) is 1.71. The Bertz CT molecular complexity index is 564. The van der Waals surface area contributed by atoms with Gasteiger partial charge in [-0.25, -0.2) is 8.78 Å². The van der Waals surface area contributed by atoms with E-state index in [0.717, 1.165) is 6.07 Å². The molecule has 2 aromatic rings. The van der Waals surface area contributed by atoms with Crippen molar-refractivity contribution in [3.05, 3.63) is 58.6 Å². The Morgan fingerprint density at radius 2 is 1.71 bits per heavy atom. The summed E-state index contributed by atoms with van der Waals surface area (Å²) in [5, 5.41) is 0.167. The fraction of sp³-hybridized carbons (Fsp3) is 0. The molecule has 2 aromatic carbocycles. The van der Waals surface area contributed by atoms with Gasteiger partial charge in [-0.05, 0) is 29.8 Å². The van der Waals surface area contributed by atoms with E-state index in [0.29, 0.717) is 11.8 Å². The van der Waals surface area contributed by atoms with Gasteiger partial charge in [0.1, 0.15) is 11.6 Å². The first-order valence-corrected chi connectivity index (χ1v) is 5.20. The van der Waals surface area contributed by atoms with Crippen LogP contribution in [0, 0.1) is 11.6 Å². The van der Waals surface area contributed by atoms with E-state index >= 15 is 0 Å². The maximum Gasteiger partial charge on any atom is 0.151 e. The lowest BCUT2D eigenvalue weighted by molar-refractivity contribution is 0.112. The van der Waals surface area contributed by atoms with Crippen molar-refractivity contribution in [1.29, 1.82) is 0 Å². The molecule has 86 valence electrons. The fourth-order valence-electron chi connectivity index (χ4n) is 1.50. The van der Waals surface area contributed by atoms with Crippen molar-refractivity contribution in [2.45, 2.75) is 0 Å². The Morgan fingerprint density at radius 1 is 1.06 bits per heavy atom. The van der Waals surface area contributed by atoms with Gasteiger partial charge in [-0.1, -0.05) is 23.7 Å². The van der Waals surface area contributed by atoms with Crippen molar-refractivity contribution in [1.82, 2.24) is 0 Å². The molecule has 0 amide bonds. The molecule has 0 atom stereocenters. The lowest BCUT2D eigenvalue weighted by Gasteiger charge is -2.05. The van der Waals surface area contributed by atoms with E-state index in [9.17, 15) is 13.6 Å². The first-order chi connectivity index (χ1) is 8.11. The largest absolute Gasteiger partial charge is 0.298 e. The maximum atomic E-state index is 13.7. The third kappa shape index (κ3) is 2.34. The molecule has 4 heteroatoms. The molecule has 0 unspecified atom stereocenters. The summed E-state index contributed by atoms with van der Waals surface area (Å²) in [5.74, 6) is -0.965. The summed E-state index contributed by atoms with van der Waals surface area (Å²) in [7, 11) is 0. The SMILES string of the molecule is O=Cc1cc(F)c(-c2ccc(F)cc2)cc1Cl. The average Bonchev–Trinajstić information content (AvgIpc) is 2.33.